The van der Waals surface area contributed by atoms with Gasteiger partial charge in [-0.05, 0) is 79.9 Å². The number of fused-ring (bicyclic) bond motifs is 1. The van der Waals surface area contributed by atoms with Crippen molar-refractivity contribution < 1.29 is 4.39 Å². The summed E-state index contributed by atoms with van der Waals surface area (Å²) in [4.78, 5) is 0. The summed E-state index contributed by atoms with van der Waals surface area (Å²) in [6.07, 6.45) is 4.50. The molecule has 0 spiro atoms. The van der Waals surface area contributed by atoms with Crippen molar-refractivity contribution in [3.8, 4) is 22.4 Å². The second kappa shape index (κ2) is 9.75. The minimum Gasteiger partial charge on any atom is -0.320 e. The van der Waals surface area contributed by atoms with Gasteiger partial charge in [0.25, 0.3) is 0 Å². The monoisotopic (exact) mass is 479 g/mol. The molecule has 1 heterocycles. The van der Waals surface area contributed by atoms with Crippen LogP contribution in [0.1, 0.15) is 24.8 Å². The average Bonchev–Trinajstić information content (AvgIpc) is 3.09. The molecule has 1 N–H and O–H groups in total. The summed E-state index contributed by atoms with van der Waals surface area (Å²) in [5.74, 6) is -0.246. The molecule has 31 heavy (non-hydrogen) atoms. The fraction of sp³-hybridized carbons (Fsp3) is 0.269. The first-order valence-corrected chi connectivity index (χ1v) is 11.5. The van der Waals surface area contributed by atoms with Gasteiger partial charge in [0.15, 0.2) is 0 Å². The summed E-state index contributed by atoms with van der Waals surface area (Å²) >= 11 is 3.50. The number of nitrogens with one attached hydrogen (secondary N) is 1. The fourth-order valence-electron chi connectivity index (χ4n) is 4.12. The Morgan fingerprint density at radius 2 is 1.81 bits per heavy atom. The second-order valence-corrected chi connectivity index (χ2v) is 8.82. The van der Waals surface area contributed by atoms with Crippen molar-refractivity contribution in [3.63, 3.8) is 0 Å². The number of nitrogens with zero attached hydrogens (tertiary/aromatic N) is 2. The zero-order chi connectivity index (χ0) is 21.8. The number of benzene rings is 3. The number of hydrogen-bond donors (Lipinski definition) is 1. The Hall–Kier alpha value is -2.50. The molecule has 0 radical (unpaired) electrons. The van der Waals surface area contributed by atoms with Crippen LogP contribution in [0.5, 0.6) is 0 Å². The normalized spacial score (nSPS) is 11.4. The molecule has 0 aliphatic heterocycles. The minimum absolute atomic E-state index is 0.246. The van der Waals surface area contributed by atoms with E-state index in [0.29, 0.717) is 11.3 Å². The first kappa shape index (κ1) is 21.7. The van der Waals surface area contributed by atoms with E-state index in [1.807, 2.05) is 50.5 Å². The number of unbranched alkanes of at least 4 members (excludes halogenated alkanes) is 2. The van der Waals surface area contributed by atoms with Gasteiger partial charge in [0.05, 0.1) is 5.52 Å². The maximum atomic E-state index is 15.3. The highest BCUT2D eigenvalue weighted by Gasteiger charge is 2.16. The largest absolute Gasteiger partial charge is 0.320 e. The predicted molar refractivity (Wildman–Crippen MR) is 131 cm³/mol. The lowest BCUT2D eigenvalue weighted by Gasteiger charge is -2.11. The van der Waals surface area contributed by atoms with E-state index in [2.05, 4.69) is 44.5 Å². The van der Waals surface area contributed by atoms with E-state index >= 15 is 4.39 Å². The first-order valence-electron chi connectivity index (χ1n) is 10.7. The van der Waals surface area contributed by atoms with Gasteiger partial charge in [0, 0.05) is 22.5 Å². The lowest BCUT2D eigenvalue weighted by Crippen LogP contribution is -2.07. The third-order valence-corrected chi connectivity index (χ3v) is 6.23. The summed E-state index contributed by atoms with van der Waals surface area (Å²) in [5, 5.41) is 8.73. The maximum Gasteiger partial charge on any atom is 0.133 e. The zero-order valence-electron chi connectivity index (χ0n) is 18.0. The molecule has 0 amide bonds. The molecule has 0 aliphatic carbocycles. The Balaban J connectivity index is 1.64. The van der Waals surface area contributed by atoms with Crippen LogP contribution in [0.15, 0.2) is 65.1 Å². The Labute approximate surface area is 191 Å². The topological polar surface area (TPSA) is 29.9 Å². The smallest absolute Gasteiger partial charge is 0.133 e. The van der Waals surface area contributed by atoms with E-state index in [0.717, 1.165) is 45.9 Å². The van der Waals surface area contributed by atoms with Gasteiger partial charge >= 0.3 is 0 Å². The van der Waals surface area contributed by atoms with Gasteiger partial charge in [0.1, 0.15) is 11.5 Å². The summed E-state index contributed by atoms with van der Waals surface area (Å²) in [6, 6.07) is 19.8. The van der Waals surface area contributed by atoms with Crippen LogP contribution < -0.4 is 5.32 Å². The maximum absolute atomic E-state index is 15.3. The molecule has 5 heteroatoms. The Morgan fingerprint density at radius 3 is 2.61 bits per heavy atom. The standard InChI is InChI=1S/C26H27BrFN3/c1-29-15-7-3-4-8-18-9-5-6-10-21(18)19-11-13-22(24(28)16-19)26-23-14-12-20(27)17-25(23)31(2)30-26/h5-6,9-14,16-17,29H,3-4,7-8,15H2,1-2H3. The Kier molecular flexibility index (Phi) is 6.83. The second-order valence-electron chi connectivity index (χ2n) is 7.90. The third kappa shape index (κ3) is 4.73. The van der Waals surface area contributed by atoms with Crippen LogP contribution in [-0.2, 0) is 13.5 Å². The molecule has 0 bridgehead atoms. The van der Waals surface area contributed by atoms with Gasteiger partial charge < -0.3 is 5.32 Å². The summed E-state index contributed by atoms with van der Waals surface area (Å²) in [5.41, 5.74) is 5.46. The van der Waals surface area contributed by atoms with Crippen LogP contribution in [0.25, 0.3) is 33.3 Å². The van der Waals surface area contributed by atoms with Crippen LogP contribution in [0.3, 0.4) is 0 Å². The van der Waals surface area contributed by atoms with Gasteiger partial charge in [-0.1, -0.05) is 52.7 Å². The average molecular weight is 480 g/mol. The van der Waals surface area contributed by atoms with Crippen molar-refractivity contribution in [2.75, 3.05) is 13.6 Å². The summed E-state index contributed by atoms with van der Waals surface area (Å²) in [6.45, 7) is 1.05. The molecule has 0 saturated heterocycles. The third-order valence-electron chi connectivity index (χ3n) is 5.74. The van der Waals surface area contributed by atoms with Crippen molar-refractivity contribution in [1.82, 2.24) is 15.1 Å². The lowest BCUT2D eigenvalue weighted by molar-refractivity contribution is 0.630. The van der Waals surface area contributed by atoms with Gasteiger partial charge in [0.2, 0.25) is 0 Å². The molecular formula is C26H27BrFN3. The van der Waals surface area contributed by atoms with Crippen molar-refractivity contribution in [1.29, 1.82) is 0 Å². The number of halogens is 2. The summed E-state index contributed by atoms with van der Waals surface area (Å²) in [7, 11) is 3.87. The van der Waals surface area contributed by atoms with Crippen LogP contribution in [0.2, 0.25) is 0 Å². The molecule has 160 valence electrons. The van der Waals surface area contributed by atoms with Crippen LogP contribution in [0, 0.1) is 5.82 Å². The number of rotatable bonds is 8. The number of aromatic nitrogens is 2. The molecule has 0 fully saturated rings. The number of hydrogen-bond acceptors (Lipinski definition) is 2. The number of aryl methyl sites for hydroxylation is 2. The molecule has 4 rings (SSSR count). The highest BCUT2D eigenvalue weighted by Crippen LogP contribution is 2.34. The molecule has 0 unspecified atom stereocenters. The van der Waals surface area contributed by atoms with Crippen LogP contribution in [0.4, 0.5) is 4.39 Å². The molecule has 1 aromatic heterocycles. The van der Waals surface area contributed by atoms with Gasteiger partial charge in [-0.25, -0.2) is 4.39 Å². The van der Waals surface area contributed by atoms with Crippen molar-refractivity contribution >= 4 is 26.8 Å². The van der Waals surface area contributed by atoms with E-state index in [1.54, 1.807) is 10.7 Å². The quantitative estimate of drug-likeness (QED) is 0.283. The first-order chi connectivity index (χ1) is 15.1. The molecule has 4 aromatic rings. The fourth-order valence-corrected chi connectivity index (χ4v) is 4.47. The molecule has 3 aromatic carbocycles. The van der Waals surface area contributed by atoms with Gasteiger partial charge in [-0.2, -0.15) is 5.10 Å². The van der Waals surface area contributed by atoms with E-state index in [9.17, 15) is 0 Å². The zero-order valence-corrected chi connectivity index (χ0v) is 19.5. The molecular weight excluding hydrogens is 453 g/mol. The molecule has 3 nitrogen and oxygen atoms in total. The SMILES string of the molecule is CNCCCCCc1ccccc1-c1ccc(-c2nn(C)c3cc(Br)ccc23)c(F)c1. The minimum atomic E-state index is -0.246. The van der Waals surface area contributed by atoms with Crippen molar-refractivity contribution in [2.24, 2.45) is 7.05 Å². The van der Waals surface area contributed by atoms with Crippen LogP contribution in [-0.4, -0.2) is 23.4 Å². The van der Waals surface area contributed by atoms with E-state index < -0.39 is 0 Å². The van der Waals surface area contributed by atoms with Gasteiger partial charge in [-0.15, -0.1) is 0 Å². The predicted octanol–water partition coefficient (Wildman–Crippen LogP) is 6.74. The highest BCUT2D eigenvalue weighted by molar-refractivity contribution is 9.10. The van der Waals surface area contributed by atoms with E-state index in [-0.39, 0.29) is 5.82 Å². The lowest BCUT2D eigenvalue weighted by atomic mass is 9.94. The van der Waals surface area contributed by atoms with Crippen molar-refractivity contribution in [2.45, 2.75) is 25.7 Å². The molecule has 0 atom stereocenters. The van der Waals surface area contributed by atoms with Crippen molar-refractivity contribution in [3.05, 3.63) is 76.5 Å². The van der Waals surface area contributed by atoms with E-state index in [4.69, 9.17) is 0 Å². The van der Waals surface area contributed by atoms with E-state index in [1.165, 1.54) is 18.4 Å². The highest BCUT2D eigenvalue weighted by atomic mass is 79.9. The summed E-state index contributed by atoms with van der Waals surface area (Å²) < 4.78 is 18.1. The van der Waals surface area contributed by atoms with Crippen LogP contribution >= 0.6 is 15.9 Å². The Bertz CT molecular complexity index is 1200. The molecule has 0 saturated carbocycles. The van der Waals surface area contributed by atoms with Gasteiger partial charge in [-0.3, -0.25) is 4.68 Å². The molecule has 0 aliphatic rings. The Morgan fingerprint density at radius 1 is 0.968 bits per heavy atom.